The molecule has 2 heterocycles. The van der Waals surface area contributed by atoms with E-state index < -0.39 is 0 Å². The van der Waals surface area contributed by atoms with E-state index in [1.165, 1.54) is 12.0 Å². The topological polar surface area (TPSA) is 47.3 Å². The summed E-state index contributed by atoms with van der Waals surface area (Å²) in [6.07, 6.45) is 2.67. The van der Waals surface area contributed by atoms with Gasteiger partial charge in [0.15, 0.2) is 12.0 Å². The van der Waals surface area contributed by atoms with Gasteiger partial charge in [-0.1, -0.05) is 6.07 Å². The second-order valence-electron chi connectivity index (χ2n) is 4.06. The van der Waals surface area contributed by atoms with Crippen LogP contribution in [-0.4, -0.2) is 30.8 Å². The average Bonchev–Trinajstić information content (AvgIpc) is 2.77. The summed E-state index contributed by atoms with van der Waals surface area (Å²) in [6.45, 7) is 2.68. The first-order valence-corrected chi connectivity index (χ1v) is 5.56. The Bertz CT molecular complexity index is 475. The van der Waals surface area contributed by atoms with Gasteiger partial charge in [-0.3, -0.25) is 0 Å². The van der Waals surface area contributed by atoms with Gasteiger partial charge in [0.2, 0.25) is 0 Å². The second-order valence-corrected chi connectivity index (χ2v) is 4.06. The molecule has 0 bridgehead atoms. The lowest BCUT2D eigenvalue weighted by atomic mass is 10.1. The Morgan fingerprint density at radius 3 is 3.31 bits per heavy atom. The van der Waals surface area contributed by atoms with E-state index in [2.05, 4.69) is 16.4 Å². The first kappa shape index (κ1) is 9.81. The summed E-state index contributed by atoms with van der Waals surface area (Å²) < 4.78 is 10.9. The lowest BCUT2D eigenvalue weighted by Gasteiger charge is -2.23. The van der Waals surface area contributed by atoms with Crippen LogP contribution in [0, 0.1) is 0 Å². The molecule has 1 aromatic carbocycles. The Hall–Kier alpha value is -1.39. The zero-order valence-corrected chi connectivity index (χ0v) is 8.98. The summed E-state index contributed by atoms with van der Waals surface area (Å²) in [4.78, 5) is 4.10. The smallest absolute Gasteiger partial charge is 0.181 e. The minimum absolute atomic E-state index is 0.272. The highest BCUT2D eigenvalue weighted by Gasteiger charge is 2.14. The highest BCUT2D eigenvalue weighted by Crippen LogP contribution is 2.16. The second kappa shape index (κ2) is 4.23. The molecular weight excluding hydrogens is 204 g/mol. The molecule has 0 saturated carbocycles. The number of nitrogens with zero attached hydrogens (tertiary/aromatic N) is 1. The van der Waals surface area contributed by atoms with Gasteiger partial charge < -0.3 is 14.5 Å². The largest absolute Gasteiger partial charge is 0.443 e. The summed E-state index contributed by atoms with van der Waals surface area (Å²) >= 11 is 0. The van der Waals surface area contributed by atoms with Crippen LogP contribution in [0.3, 0.4) is 0 Å². The first-order chi connectivity index (χ1) is 7.92. The van der Waals surface area contributed by atoms with E-state index in [1.54, 1.807) is 0 Å². The number of hydrogen-bond acceptors (Lipinski definition) is 4. The fourth-order valence-corrected chi connectivity index (χ4v) is 2.04. The van der Waals surface area contributed by atoms with Crippen molar-refractivity contribution in [3.63, 3.8) is 0 Å². The van der Waals surface area contributed by atoms with Crippen molar-refractivity contribution in [3.8, 4) is 0 Å². The highest BCUT2D eigenvalue weighted by atomic mass is 16.5. The van der Waals surface area contributed by atoms with Crippen LogP contribution in [-0.2, 0) is 11.2 Å². The van der Waals surface area contributed by atoms with Gasteiger partial charge in [-0.2, -0.15) is 0 Å². The third kappa shape index (κ3) is 1.94. The molecule has 84 valence electrons. The van der Waals surface area contributed by atoms with Crippen LogP contribution < -0.4 is 5.32 Å². The van der Waals surface area contributed by atoms with Crippen LogP contribution in [0.25, 0.3) is 11.1 Å². The van der Waals surface area contributed by atoms with E-state index in [1.807, 2.05) is 12.1 Å². The molecule has 1 aliphatic rings. The van der Waals surface area contributed by atoms with Crippen molar-refractivity contribution in [2.75, 3.05) is 19.7 Å². The predicted octanol–water partition coefficient (Wildman–Crippen LogP) is 1.36. The van der Waals surface area contributed by atoms with Crippen molar-refractivity contribution in [2.24, 2.45) is 0 Å². The molecule has 1 aliphatic heterocycles. The van der Waals surface area contributed by atoms with Crippen LogP contribution in [0.5, 0.6) is 0 Å². The molecule has 0 amide bonds. The number of hydrogen-bond donors (Lipinski definition) is 1. The highest BCUT2D eigenvalue weighted by molar-refractivity contribution is 5.72. The van der Waals surface area contributed by atoms with Gasteiger partial charge in [-0.15, -0.1) is 0 Å². The van der Waals surface area contributed by atoms with Crippen molar-refractivity contribution in [2.45, 2.75) is 12.5 Å². The monoisotopic (exact) mass is 218 g/mol. The van der Waals surface area contributed by atoms with E-state index in [0.29, 0.717) is 0 Å². The SMILES string of the molecule is c1nc2ccc(CC3CNCCO3)cc2o1. The van der Waals surface area contributed by atoms with Crippen molar-refractivity contribution in [3.05, 3.63) is 30.2 Å². The summed E-state index contributed by atoms with van der Waals surface area (Å²) in [5, 5.41) is 3.33. The Kier molecular flexibility index (Phi) is 2.60. The number of ether oxygens (including phenoxy) is 1. The van der Waals surface area contributed by atoms with Crippen LogP contribution in [0.15, 0.2) is 29.0 Å². The van der Waals surface area contributed by atoms with Crippen molar-refractivity contribution >= 4 is 11.1 Å². The standard InChI is InChI=1S/C12H14N2O2/c1-2-11-12(16-8-14-11)6-9(1)5-10-7-13-3-4-15-10/h1-2,6,8,10,13H,3-5,7H2. The van der Waals surface area contributed by atoms with Gasteiger partial charge in [0, 0.05) is 19.5 Å². The Balaban J connectivity index is 1.77. The van der Waals surface area contributed by atoms with E-state index in [0.717, 1.165) is 37.2 Å². The fraction of sp³-hybridized carbons (Fsp3) is 0.417. The normalized spacial score (nSPS) is 21.4. The first-order valence-electron chi connectivity index (χ1n) is 5.56. The lowest BCUT2D eigenvalue weighted by Crippen LogP contribution is -2.39. The minimum Gasteiger partial charge on any atom is -0.443 e. The van der Waals surface area contributed by atoms with Crippen molar-refractivity contribution in [1.29, 1.82) is 0 Å². The molecule has 1 atom stereocenters. The number of aromatic nitrogens is 1. The third-order valence-corrected chi connectivity index (χ3v) is 2.86. The molecule has 16 heavy (non-hydrogen) atoms. The molecule has 0 spiro atoms. The number of rotatable bonds is 2. The third-order valence-electron chi connectivity index (χ3n) is 2.86. The summed E-state index contributed by atoms with van der Waals surface area (Å²) in [5.74, 6) is 0. The fourth-order valence-electron chi connectivity index (χ4n) is 2.04. The molecule has 2 aromatic rings. The molecule has 3 rings (SSSR count). The zero-order chi connectivity index (χ0) is 10.8. The van der Waals surface area contributed by atoms with Gasteiger partial charge in [0.1, 0.15) is 5.52 Å². The molecule has 0 aliphatic carbocycles. The Labute approximate surface area is 93.6 Å². The van der Waals surface area contributed by atoms with Gasteiger partial charge in [0.05, 0.1) is 12.7 Å². The van der Waals surface area contributed by atoms with Crippen LogP contribution in [0.2, 0.25) is 0 Å². The summed E-state index contributed by atoms with van der Waals surface area (Å²) in [7, 11) is 0. The zero-order valence-electron chi connectivity index (χ0n) is 8.98. The van der Waals surface area contributed by atoms with Gasteiger partial charge in [-0.25, -0.2) is 4.98 Å². The van der Waals surface area contributed by atoms with Gasteiger partial charge >= 0.3 is 0 Å². The Morgan fingerprint density at radius 1 is 1.44 bits per heavy atom. The lowest BCUT2D eigenvalue weighted by molar-refractivity contribution is 0.0292. The summed E-state index contributed by atoms with van der Waals surface area (Å²) in [6, 6.07) is 6.12. The van der Waals surface area contributed by atoms with Crippen LogP contribution in [0.1, 0.15) is 5.56 Å². The molecule has 0 radical (unpaired) electrons. The number of morpholine rings is 1. The van der Waals surface area contributed by atoms with E-state index in [9.17, 15) is 0 Å². The van der Waals surface area contributed by atoms with Gasteiger partial charge in [0.25, 0.3) is 0 Å². The minimum atomic E-state index is 0.272. The maximum Gasteiger partial charge on any atom is 0.181 e. The maximum atomic E-state index is 5.67. The molecule has 4 heteroatoms. The molecule has 1 unspecified atom stereocenters. The van der Waals surface area contributed by atoms with E-state index in [4.69, 9.17) is 9.15 Å². The molecule has 1 N–H and O–H groups in total. The summed E-state index contributed by atoms with van der Waals surface area (Å²) in [5.41, 5.74) is 2.99. The van der Waals surface area contributed by atoms with Crippen molar-refractivity contribution < 1.29 is 9.15 Å². The number of nitrogens with one attached hydrogen (secondary N) is 1. The van der Waals surface area contributed by atoms with E-state index in [-0.39, 0.29) is 6.10 Å². The predicted molar refractivity (Wildman–Crippen MR) is 60.3 cm³/mol. The Morgan fingerprint density at radius 2 is 2.44 bits per heavy atom. The average molecular weight is 218 g/mol. The van der Waals surface area contributed by atoms with Crippen LogP contribution >= 0.6 is 0 Å². The maximum absolute atomic E-state index is 5.67. The molecule has 1 fully saturated rings. The molecule has 1 saturated heterocycles. The van der Waals surface area contributed by atoms with Gasteiger partial charge in [-0.05, 0) is 17.7 Å². The van der Waals surface area contributed by atoms with E-state index >= 15 is 0 Å². The van der Waals surface area contributed by atoms with Crippen LogP contribution in [0.4, 0.5) is 0 Å². The number of fused-ring (bicyclic) bond motifs is 1. The molecular formula is C12H14N2O2. The molecule has 4 nitrogen and oxygen atoms in total. The number of oxazole rings is 1. The number of benzene rings is 1. The van der Waals surface area contributed by atoms with Crippen molar-refractivity contribution in [1.82, 2.24) is 10.3 Å². The quantitative estimate of drug-likeness (QED) is 0.826. The molecule has 1 aromatic heterocycles.